The molecule has 4 aromatic rings. The van der Waals surface area contributed by atoms with Gasteiger partial charge in [-0.2, -0.15) is 10.2 Å². The van der Waals surface area contributed by atoms with Crippen LogP contribution >= 0.6 is 0 Å². The molecular formula is C22H23FN6O. The zero-order valence-corrected chi connectivity index (χ0v) is 17.4. The Morgan fingerprint density at radius 2 is 1.93 bits per heavy atom. The van der Waals surface area contributed by atoms with Gasteiger partial charge in [-0.15, -0.1) is 0 Å². The number of carbonyl (C=O) groups excluding carboxylic acids is 1. The number of fused-ring (bicyclic) bond motifs is 1. The number of halogens is 1. The number of hydrogen-bond donors (Lipinski definition) is 0. The fraction of sp³-hybridized carbons (Fsp3) is 0.273. The molecule has 30 heavy (non-hydrogen) atoms. The van der Waals surface area contributed by atoms with Crippen molar-refractivity contribution in [2.75, 3.05) is 13.1 Å². The maximum atomic E-state index is 13.9. The van der Waals surface area contributed by atoms with E-state index in [-0.39, 0.29) is 11.7 Å². The van der Waals surface area contributed by atoms with E-state index in [2.05, 4.69) is 10.2 Å². The molecule has 0 spiro atoms. The summed E-state index contributed by atoms with van der Waals surface area (Å²) in [5, 5.41) is 9.48. The van der Waals surface area contributed by atoms with Gasteiger partial charge in [-0.05, 0) is 51.1 Å². The van der Waals surface area contributed by atoms with Gasteiger partial charge >= 0.3 is 0 Å². The van der Waals surface area contributed by atoms with Gasteiger partial charge in [-0.3, -0.25) is 9.48 Å². The molecule has 0 unspecified atom stereocenters. The van der Waals surface area contributed by atoms with Crippen molar-refractivity contribution < 1.29 is 9.18 Å². The summed E-state index contributed by atoms with van der Waals surface area (Å²) in [5.74, 6) is -0.450. The number of benzene rings is 1. The number of nitrogens with zero attached hydrogens (tertiary/aromatic N) is 6. The van der Waals surface area contributed by atoms with E-state index in [0.29, 0.717) is 46.8 Å². The highest BCUT2D eigenvalue weighted by atomic mass is 19.1. The third-order valence-corrected chi connectivity index (χ3v) is 5.23. The van der Waals surface area contributed by atoms with Crippen LogP contribution in [0.15, 0.2) is 42.6 Å². The number of amides is 1. The van der Waals surface area contributed by atoms with E-state index in [9.17, 15) is 9.18 Å². The minimum atomic E-state index is -0.365. The van der Waals surface area contributed by atoms with Crippen molar-refractivity contribution in [1.29, 1.82) is 0 Å². The lowest BCUT2D eigenvalue weighted by Gasteiger charge is -2.19. The first-order valence-corrected chi connectivity index (χ1v) is 9.88. The van der Waals surface area contributed by atoms with E-state index in [4.69, 9.17) is 4.98 Å². The number of hydrogen-bond acceptors (Lipinski definition) is 4. The number of pyridine rings is 1. The van der Waals surface area contributed by atoms with Crippen LogP contribution in [-0.4, -0.2) is 48.4 Å². The van der Waals surface area contributed by atoms with Crippen LogP contribution in [0.2, 0.25) is 0 Å². The minimum Gasteiger partial charge on any atom is -0.339 e. The van der Waals surface area contributed by atoms with Gasteiger partial charge in [0.05, 0.1) is 33.7 Å². The molecule has 0 atom stereocenters. The van der Waals surface area contributed by atoms with Gasteiger partial charge in [0.2, 0.25) is 0 Å². The Balaban J connectivity index is 2.05. The van der Waals surface area contributed by atoms with Gasteiger partial charge in [-0.1, -0.05) is 6.07 Å². The van der Waals surface area contributed by atoms with Gasteiger partial charge in [0.1, 0.15) is 5.82 Å². The smallest absolute Gasteiger partial charge is 0.254 e. The zero-order chi connectivity index (χ0) is 21.4. The van der Waals surface area contributed by atoms with Crippen LogP contribution in [0.3, 0.4) is 0 Å². The Morgan fingerprint density at radius 3 is 2.57 bits per heavy atom. The van der Waals surface area contributed by atoms with E-state index in [1.807, 2.05) is 33.9 Å². The Morgan fingerprint density at radius 1 is 1.17 bits per heavy atom. The van der Waals surface area contributed by atoms with E-state index in [1.54, 1.807) is 38.7 Å². The van der Waals surface area contributed by atoms with Crippen molar-refractivity contribution in [3.05, 3.63) is 59.7 Å². The van der Waals surface area contributed by atoms with Crippen molar-refractivity contribution in [1.82, 2.24) is 29.4 Å². The number of rotatable bonds is 5. The number of aryl methyl sites for hydroxylation is 2. The molecule has 1 aromatic carbocycles. The maximum Gasteiger partial charge on any atom is 0.254 e. The molecule has 0 radical (unpaired) electrons. The summed E-state index contributed by atoms with van der Waals surface area (Å²) in [7, 11) is 1.82. The molecule has 0 aliphatic carbocycles. The first-order chi connectivity index (χ1) is 14.4. The summed E-state index contributed by atoms with van der Waals surface area (Å²) in [6.45, 7) is 6.92. The molecule has 8 heteroatoms. The molecule has 0 saturated carbocycles. The van der Waals surface area contributed by atoms with Gasteiger partial charge in [-0.25, -0.2) is 14.1 Å². The Labute approximate surface area is 173 Å². The third-order valence-electron chi connectivity index (χ3n) is 5.23. The van der Waals surface area contributed by atoms with Crippen LogP contribution in [0.1, 0.15) is 29.9 Å². The van der Waals surface area contributed by atoms with Crippen LogP contribution < -0.4 is 0 Å². The largest absolute Gasteiger partial charge is 0.339 e. The van der Waals surface area contributed by atoms with Crippen LogP contribution in [-0.2, 0) is 7.05 Å². The quantitative estimate of drug-likeness (QED) is 0.506. The molecule has 3 heterocycles. The van der Waals surface area contributed by atoms with Crippen molar-refractivity contribution in [3.8, 4) is 17.1 Å². The van der Waals surface area contributed by atoms with Crippen molar-refractivity contribution in [2.24, 2.45) is 7.05 Å². The molecule has 1 amide bonds. The van der Waals surface area contributed by atoms with Crippen LogP contribution in [0.5, 0.6) is 0 Å². The molecule has 4 rings (SSSR count). The average molecular weight is 406 g/mol. The zero-order valence-electron chi connectivity index (χ0n) is 17.4. The molecule has 0 saturated heterocycles. The standard InChI is InChI=1S/C22H23FN6O/c1-5-28(6-2)22(30)17-13-18(19-10-11-24-27(19)4)25-21-20(17)14(3)26-29(21)16-9-7-8-15(23)12-16/h7-13H,5-6H2,1-4H3. The predicted molar refractivity (Wildman–Crippen MR) is 113 cm³/mol. The first-order valence-electron chi connectivity index (χ1n) is 9.88. The number of carbonyl (C=O) groups is 1. The third kappa shape index (κ3) is 3.24. The second-order valence-corrected chi connectivity index (χ2v) is 7.05. The van der Waals surface area contributed by atoms with Gasteiger partial charge in [0.25, 0.3) is 5.91 Å². The average Bonchev–Trinajstić information content (AvgIpc) is 3.31. The molecule has 7 nitrogen and oxygen atoms in total. The SMILES string of the molecule is CCN(CC)C(=O)c1cc(-c2ccnn2C)nc2c1c(C)nn2-c1cccc(F)c1. The Hall–Kier alpha value is -3.55. The van der Waals surface area contributed by atoms with Crippen LogP contribution in [0, 0.1) is 12.7 Å². The van der Waals surface area contributed by atoms with E-state index < -0.39 is 0 Å². The highest BCUT2D eigenvalue weighted by Crippen LogP contribution is 2.29. The minimum absolute atomic E-state index is 0.0855. The van der Waals surface area contributed by atoms with Crippen LogP contribution in [0.4, 0.5) is 4.39 Å². The summed E-state index contributed by atoms with van der Waals surface area (Å²) >= 11 is 0. The summed E-state index contributed by atoms with van der Waals surface area (Å²) in [4.78, 5) is 19.9. The maximum absolute atomic E-state index is 13.9. The lowest BCUT2D eigenvalue weighted by molar-refractivity contribution is 0.0775. The molecule has 0 aliphatic rings. The van der Waals surface area contributed by atoms with Crippen LogP contribution in [0.25, 0.3) is 28.1 Å². The Kier molecular flexibility index (Phi) is 5.07. The lowest BCUT2D eigenvalue weighted by atomic mass is 10.1. The number of aromatic nitrogens is 5. The molecule has 0 aliphatic heterocycles. The second-order valence-electron chi connectivity index (χ2n) is 7.05. The van der Waals surface area contributed by atoms with Crippen molar-refractivity contribution >= 4 is 16.9 Å². The summed E-state index contributed by atoms with van der Waals surface area (Å²) in [6.07, 6.45) is 1.68. The Bertz CT molecular complexity index is 1240. The normalized spacial score (nSPS) is 11.2. The second kappa shape index (κ2) is 7.70. The fourth-order valence-electron chi connectivity index (χ4n) is 3.68. The summed E-state index contributed by atoms with van der Waals surface area (Å²) < 4.78 is 17.2. The molecule has 154 valence electrons. The first kappa shape index (κ1) is 19.8. The summed E-state index contributed by atoms with van der Waals surface area (Å²) in [5.41, 5.74) is 3.62. The van der Waals surface area contributed by atoms with E-state index in [1.165, 1.54) is 12.1 Å². The monoisotopic (exact) mass is 406 g/mol. The predicted octanol–water partition coefficient (Wildman–Crippen LogP) is 3.75. The van der Waals surface area contributed by atoms with Gasteiger partial charge in [0, 0.05) is 26.3 Å². The van der Waals surface area contributed by atoms with Gasteiger partial charge in [0.15, 0.2) is 5.65 Å². The molecule has 3 aromatic heterocycles. The summed E-state index contributed by atoms with van der Waals surface area (Å²) in [6, 6.07) is 9.81. The molecule has 0 N–H and O–H groups in total. The van der Waals surface area contributed by atoms with E-state index >= 15 is 0 Å². The highest BCUT2D eigenvalue weighted by Gasteiger charge is 2.24. The fourth-order valence-corrected chi connectivity index (χ4v) is 3.68. The molecular weight excluding hydrogens is 383 g/mol. The topological polar surface area (TPSA) is 68.8 Å². The van der Waals surface area contributed by atoms with Gasteiger partial charge < -0.3 is 4.90 Å². The molecule has 0 fully saturated rings. The van der Waals surface area contributed by atoms with Crippen molar-refractivity contribution in [2.45, 2.75) is 20.8 Å². The lowest BCUT2D eigenvalue weighted by Crippen LogP contribution is -2.30. The van der Waals surface area contributed by atoms with Crippen molar-refractivity contribution in [3.63, 3.8) is 0 Å². The molecule has 0 bridgehead atoms. The highest BCUT2D eigenvalue weighted by molar-refractivity contribution is 6.07. The van der Waals surface area contributed by atoms with E-state index in [0.717, 1.165) is 5.69 Å².